The van der Waals surface area contributed by atoms with Gasteiger partial charge >= 0.3 is 0 Å². The lowest BCUT2D eigenvalue weighted by molar-refractivity contribution is -0.121. The number of carbonyl (C=O) groups excluding carboxylic acids is 1. The molecule has 0 aromatic carbocycles. The van der Waals surface area contributed by atoms with Crippen molar-refractivity contribution in [2.75, 3.05) is 19.6 Å². The number of hydrogen-bond donors (Lipinski definition) is 2. The van der Waals surface area contributed by atoms with Gasteiger partial charge in [0.2, 0.25) is 5.91 Å². The van der Waals surface area contributed by atoms with Gasteiger partial charge in [0.1, 0.15) is 0 Å². The number of rotatable bonds is 6. The van der Waals surface area contributed by atoms with Crippen molar-refractivity contribution in [1.82, 2.24) is 10.6 Å². The molecule has 0 radical (unpaired) electrons. The van der Waals surface area contributed by atoms with Crippen LogP contribution in [0.3, 0.4) is 0 Å². The van der Waals surface area contributed by atoms with Gasteiger partial charge < -0.3 is 10.6 Å². The van der Waals surface area contributed by atoms with E-state index in [0.29, 0.717) is 0 Å². The van der Waals surface area contributed by atoms with E-state index in [4.69, 9.17) is 0 Å². The molecule has 2 N–H and O–H groups in total. The van der Waals surface area contributed by atoms with Gasteiger partial charge in [0.25, 0.3) is 0 Å². The molecule has 1 aliphatic heterocycles. The van der Waals surface area contributed by atoms with Gasteiger partial charge in [0.15, 0.2) is 0 Å². The average Bonchev–Trinajstić information content (AvgIpc) is 2.91. The Morgan fingerprint density at radius 2 is 1.83 bits per heavy atom. The van der Waals surface area contributed by atoms with E-state index in [0.717, 1.165) is 44.3 Å². The zero-order chi connectivity index (χ0) is 12.6. The minimum absolute atomic E-state index is 0.263. The third-order valence-corrected chi connectivity index (χ3v) is 4.53. The maximum Gasteiger partial charge on any atom is 0.220 e. The molecule has 2 rings (SSSR count). The van der Waals surface area contributed by atoms with E-state index in [9.17, 15) is 4.79 Å². The molecule has 1 amide bonds. The standard InChI is InChI=1S/C15H28N2O/c18-15(8-7-14-6-3-10-16-12-14)17-11-9-13-4-1-2-5-13/h13-14,16H,1-12H2,(H,17,18). The predicted octanol–water partition coefficient (Wildman–Crippen LogP) is 2.46. The molecule has 104 valence electrons. The summed E-state index contributed by atoms with van der Waals surface area (Å²) in [6.45, 7) is 3.16. The Labute approximate surface area is 111 Å². The highest BCUT2D eigenvalue weighted by Crippen LogP contribution is 2.26. The summed E-state index contributed by atoms with van der Waals surface area (Å²) < 4.78 is 0. The number of amides is 1. The van der Waals surface area contributed by atoms with Gasteiger partial charge in [-0.15, -0.1) is 0 Å². The molecule has 1 atom stereocenters. The lowest BCUT2D eigenvalue weighted by Crippen LogP contribution is -2.31. The van der Waals surface area contributed by atoms with Crippen molar-refractivity contribution in [2.45, 2.75) is 57.8 Å². The fourth-order valence-corrected chi connectivity index (χ4v) is 3.31. The number of nitrogens with one attached hydrogen (secondary N) is 2. The largest absolute Gasteiger partial charge is 0.356 e. The Balaban J connectivity index is 1.49. The quantitative estimate of drug-likeness (QED) is 0.762. The summed E-state index contributed by atoms with van der Waals surface area (Å²) >= 11 is 0. The molecule has 0 aromatic heterocycles. The van der Waals surface area contributed by atoms with Gasteiger partial charge in [-0.1, -0.05) is 25.7 Å². The molecule has 1 saturated carbocycles. The van der Waals surface area contributed by atoms with Crippen molar-refractivity contribution in [1.29, 1.82) is 0 Å². The summed E-state index contributed by atoms with van der Waals surface area (Å²) in [7, 11) is 0. The molecular weight excluding hydrogens is 224 g/mol. The Bertz CT molecular complexity index is 243. The highest BCUT2D eigenvalue weighted by atomic mass is 16.1. The van der Waals surface area contributed by atoms with Crippen molar-refractivity contribution >= 4 is 5.91 Å². The molecule has 2 fully saturated rings. The highest BCUT2D eigenvalue weighted by Gasteiger charge is 2.16. The molecule has 0 bridgehead atoms. The van der Waals surface area contributed by atoms with Crippen LogP contribution in [0.1, 0.15) is 57.8 Å². The summed E-state index contributed by atoms with van der Waals surface area (Å²) in [5.41, 5.74) is 0. The van der Waals surface area contributed by atoms with E-state index >= 15 is 0 Å². The van der Waals surface area contributed by atoms with E-state index < -0.39 is 0 Å². The number of piperidine rings is 1. The molecule has 1 heterocycles. The predicted molar refractivity (Wildman–Crippen MR) is 74.4 cm³/mol. The molecule has 18 heavy (non-hydrogen) atoms. The maximum absolute atomic E-state index is 11.7. The second-order valence-corrected chi connectivity index (χ2v) is 6.04. The second kappa shape index (κ2) is 7.78. The summed E-state index contributed by atoms with van der Waals surface area (Å²) in [5, 5.41) is 6.50. The second-order valence-electron chi connectivity index (χ2n) is 6.04. The molecule has 3 nitrogen and oxygen atoms in total. The van der Waals surface area contributed by atoms with Crippen LogP contribution >= 0.6 is 0 Å². The van der Waals surface area contributed by atoms with Crippen LogP contribution in [-0.2, 0) is 4.79 Å². The first-order valence-electron chi connectivity index (χ1n) is 7.82. The molecule has 1 saturated heterocycles. The zero-order valence-corrected chi connectivity index (χ0v) is 11.5. The van der Waals surface area contributed by atoms with Crippen molar-refractivity contribution in [2.24, 2.45) is 11.8 Å². The van der Waals surface area contributed by atoms with Crippen LogP contribution in [0.4, 0.5) is 0 Å². The molecular formula is C15H28N2O. The van der Waals surface area contributed by atoms with E-state index in [1.165, 1.54) is 44.9 Å². The first kappa shape index (κ1) is 13.9. The minimum Gasteiger partial charge on any atom is -0.356 e. The van der Waals surface area contributed by atoms with Crippen LogP contribution < -0.4 is 10.6 Å². The summed E-state index contributed by atoms with van der Waals surface area (Å²) in [6, 6.07) is 0. The van der Waals surface area contributed by atoms with Crippen LogP contribution in [0.2, 0.25) is 0 Å². The first-order chi connectivity index (χ1) is 8.84. The van der Waals surface area contributed by atoms with Crippen molar-refractivity contribution < 1.29 is 4.79 Å². The van der Waals surface area contributed by atoms with Crippen LogP contribution in [0.5, 0.6) is 0 Å². The van der Waals surface area contributed by atoms with Gasteiger partial charge in [0.05, 0.1) is 0 Å². The number of carbonyl (C=O) groups is 1. The topological polar surface area (TPSA) is 41.1 Å². The SMILES string of the molecule is O=C(CCC1CCCNC1)NCCC1CCCC1. The average molecular weight is 252 g/mol. The Morgan fingerprint density at radius 1 is 1.06 bits per heavy atom. The summed E-state index contributed by atoms with van der Waals surface area (Å²) in [5.74, 6) is 1.87. The molecule has 1 aliphatic carbocycles. The van der Waals surface area contributed by atoms with Gasteiger partial charge in [-0.2, -0.15) is 0 Å². The first-order valence-corrected chi connectivity index (χ1v) is 7.82. The third kappa shape index (κ3) is 4.97. The minimum atomic E-state index is 0.263. The lowest BCUT2D eigenvalue weighted by atomic mass is 9.94. The zero-order valence-electron chi connectivity index (χ0n) is 11.5. The summed E-state index contributed by atoms with van der Waals surface area (Å²) in [6.07, 6.45) is 11.1. The Hall–Kier alpha value is -0.570. The van der Waals surface area contributed by atoms with Gasteiger partial charge in [-0.05, 0) is 50.6 Å². The van der Waals surface area contributed by atoms with Crippen molar-refractivity contribution in [3.05, 3.63) is 0 Å². The maximum atomic E-state index is 11.7. The molecule has 1 unspecified atom stereocenters. The van der Waals surface area contributed by atoms with Crippen molar-refractivity contribution in [3.63, 3.8) is 0 Å². The fourth-order valence-electron chi connectivity index (χ4n) is 3.31. The molecule has 2 aliphatic rings. The highest BCUT2D eigenvalue weighted by molar-refractivity contribution is 5.75. The van der Waals surface area contributed by atoms with Gasteiger partial charge in [-0.3, -0.25) is 4.79 Å². The van der Waals surface area contributed by atoms with Crippen LogP contribution in [-0.4, -0.2) is 25.5 Å². The monoisotopic (exact) mass is 252 g/mol. The normalized spacial score (nSPS) is 25.2. The van der Waals surface area contributed by atoms with Crippen LogP contribution in [0.15, 0.2) is 0 Å². The van der Waals surface area contributed by atoms with E-state index in [1.807, 2.05) is 0 Å². The number of hydrogen-bond acceptors (Lipinski definition) is 2. The van der Waals surface area contributed by atoms with Crippen molar-refractivity contribution in [3.8, 4) is 0 Å². The lowest BCUT2D eigenvalue weighted by Gasteiger charge is -2.22. The molecule has 3 heteroatoms. The molecule has 0 aromatic rings. The van der Waals surface area contributed by atoms with Gasteiger partial charge in [0, 0.05) is 13.0 Å². The summed E-state index contributed by atoms with van der Waals surface area (Å²) in [4.78, 5) is 11.7. The fraction of sp³-hybridized carbons (Fsp3) is 0.933. The third-order valence-electron chi connectivity index (χ3n) is 4.53. The smallest absolute Gasteiger partial charge is 0.220 e. The Kier molecular flexibility index (Phi) is 5.98. The van der Waals surface area contributed by atoms with E-state index in [2.05, 4.69) is 10.6 Å². The van der Waals surface area contributed by atoms with Crippen LogP contribution in [0, 0.1) is 11.8 Å². The van der Waals surface area contributed by atoms with E-state index in [-0.39, 0.29) is 5.91 Å². The van der Waals surface area contributed by atoms with Gasteiger partial charge in [-0.25, -0.2) is 0 Å². The van der Waals surface area contributed by atoms with E-state index in [1.54, 1.807) is 0 Å². The van der Waals surface area contributed by atoms with Crippen LogP contribution in [0.25, 0.3) is 0 Å². The molecule has 0 spiro atoms. The Morgan fingerprint density at radius 3 is 2.56 bits per heavy atom.